The second kappa shape index (κ2) is 7.13. The number of benzene rings is 1. The molecule has 2 amide bonds. The van der Waals surface area contributed by atoms with Gasteiger partial charge in [-0.15, -0.1) is 0 Å². The number of urea groups is 1. The van der Waals surface area contributed by atoms with E-state index in [1.807, 2.05) is 30.8 Å². The van der Waals surface area contributed by atoms with E-state index in [-0.39, 0.29) is 18.2 Å². The molecule has 1 atom stereocenters. The molecule has 24 heavy (non-hydrogen) atoms. The van der Waals surface area contributed by atoms with Crippen LogP contribution < -0.4 is 10.1 Å². The molecule has 0 bridgehead atoms. The molecule has 6 nitrogen and oxygen atoms in total. The first-order valence-corrected chi connectivity index (χ1v) is 8.42. The van der Waals surface area contributed by atoms with Gasteiger partial charge in [-0.25, -0.2) is 4.79 Å². The van der Waals surface area contributed by atoms with Crippen molar-refractivity contribution in [2.45, 2.75) is 32.4 Å². The Morgan fingerprint density at radius 2 is 2.29 bits per heavy atom. The second-order valence-electron chi connectivity index (χ2n) is 6.11. The highest BCUT2D eigenvalue weighted by Gasteiger charge is 2.28. The maximum Gasteiger partial charge on any atom is 0.322 e. The predicted molar refractivity (Wildman–Crippen MR) is 93.7 cm³/mol. The molecular weight excluding hydrogens is 328 g/mol. The van der Waals surface area contributed by atoms with Crippen LogP contribution in [0.2, 0.25) is 5.02 Å². The zero-order chi connectivity index (χ0) is 17.1. The number of rotatable bonds is 4. The van der Waals surface area contributed by atoms with Crippen LogP contribution in [0.1, 0.15) is 26.3 Å². The number of anilines is 1. The number of aromatic nitrogens is 2. The minimum Gasteiger partial charge on any atom is -0.489 e. The first-order chi connectivity index (χ1) is 11.5. The summed E-state index contributed by atoms with van der Waals surface area (Å²) in [5, 5.41) is 7.72. The molecule has 1 unspecified atom stereocenters. The van der Waals surface area contributed by atoms with Crippen LogP contribution in [0.4, 0.5) is 10.5 Å². The topological polar surface area (TPSA) is 59.4 Å². The van der Waals surface area contributed by atoms with Crippen molar-refractivity contribution in [3.8, 4) is 5.75 Å². The Bertz CT molecular complexity index is 703. The molecule has 0 aliphatic carbocycles. The van der Waals surface area contributed by atoms with Crippen LogP contribution in [0.3, 0.4) is 0 Å². The van der Waals surface area contributed by atoms with Crippen LogP contribution in [0.5, 0.6) is 5.75 Å². The number of hydrogen-bond donors (Lipinski definition) is 1. The SMILES string of the molecule is CC(C)Oc1ccc(Cl)cc1NC(=O)N1CCC(n2cccn2)C1. The number of hydrogen-bond acceptors (Lipinski definition) is 3. The van der Waals surface area contributed by atoms with Crippen LogP contribution in [-0.4, -0.2) is 39.9 Å². The van der Waals surface area contributed by atoms with E-state index in [1.54, 1.807) is 29.3 Å². The van der Waals surface area contributed by atoms with Crippen LogP contribution in [0.15, 0.2) is 36.7 Å². The van der Waals surface area contributed by atoms with Gasteiger partial charge in [-0.2, -0.15) is 5.10 Å². The Balaban J connectivity index is 1.68. The van der Waals surface area contributed by atoms with Gasteiger partial charge in [-0.05, 0) is 44.5 Å². The van der Waals surface area contributed by atoms with Crippen LogP contribution in [0, 0.1) is 0 Å². The molecule has 1 aromatic heterocycles. The molecule has 2 aromatic rings. The highest BCUT2D eigenvalue weighted by Crippen LogP contribution is 2.30. The zero-order valence-corrected chi connectivity index (χ0v) is 14.5. The fraction of sp³-hybridized carbons (Fsp3) is 0.412. The van der Waals surface area contributed by atoms with Crippen LogP contribution in [0.25, 0.3) is 0 Å². The van der Waals surface area contributed by atoms with Crippen LogP contribution in [-0.2, 0) is 0 Å². The molecule has 3 rings (SSSR count). The molecule has 1 fully saturated rings. The summed E-state index contributed by atoms with van der Waals surface area (Å²) in [6.07, 6.45) is 4.58. The smallest absolute Gasteiger partial charge is 0.322 e. The van der Waals surface area contributed by atoms with Gasteiger partial charge >= 0.3 is 6.03 Å². The molecule has 2 heterocycles. The number of nitrogens with zero attached hydrogens (tertiary/aromatic N) is 3. The number of amides is 2. The number of carbonyl (C=O) groups excluding carboxylic acids is 1. The van der Waals surface area contributed by atoms with Crippen LogP contribution >= 0.6 is 11.6 Å². The van der Waals surface area contributed by atoms with E-state index in [4.69, 9.17) is 16.3 Å². The average Bonchev–Trinajstić information content (AvgIpc) is 3.19. The monoisotopic (exact) mass is 348 g/mol. The molecule has 0 radical (unpaired) electrons. The molecule has 128 valence electrons. The van der Waals surface area contributed by atoms with E-state index in [0.29, 0.717) is 29.5 Å². The first-order valence-electron chi connectivity index (χ1n) is 8.04. The molecule has 1 aliphatic rings. The van der Waals surface area contributed by atoms with E-state index in [0.717, 1.165) is 6.42 Å². The normalized spacial score (nSPS) is 17.3. The number of ether oxygens (including phenoxy) is 1. The van der Waals surface area contributed by atoms with Crippen molar-refractivity contribution in [2.75, 3.05) is 18.4 Å². The summed E-state index contributed by atoms with van der Waals surface area (Å²) in [5.74, 6) is 0.616. The lowest BCUT2D eigenvalue weighted by Crippen LogP contribution is -2.33. The van der Waals surface area contributed by atoms with Gasteiger partial charge in [0.1, 0.15) is 5.75 Å². The molecule has 1 saturated heterocycles. The third kappa shape index (κ3) is 3.82. The second-order valence-corrected chi connectivity index (χ2v) is 6.55. The fourth-order valence-corrected chi connectivity index (χ4v) is 2.96. The Morgan fingerprint density at radius 3 is 3.00 bits per heavy atom. The maximum atomic E-state index is 12.6. The summed E-state index contributed by atoms with van der Waals surface area (Å²) in [6, 6.07) is 7.19. The molecular formula is C17H21ClN4O2. The van der Waals surface area contributed by atoms with Crippen molar-refractivity contribution in [1.82, 2.24) is 14.7 Å². The molecule has 0 saturated carbocycles. The Hall–Kier alpha value is -2.21. The van der Waals surface area contributed by atoms with Gasteiger partial charge in [0.05, 0.1) is 17.8 Å². The summed E-state index contributed by atoms with van der Waals surface area (Å²) in [6.45, 7) is 5.20. The largest absolute Gasteiger partial charge is 0.489 e. The van der Waals surface area contributed by atoms with Gasteiger partial charge < -0.3 is 15.0 Å². The lowest BCUT2D eigenvalue weighted by atomic mass is 10.3. The van der Waals surface area contributed by atoms with Crippen molar-refractivity contribution in [3.63, 3.8) is 0 Å². The van der Waals surface area contributed by atoms with Gasteiger partial charge in [0.25, 0.3) is 0 Å². The van der Waals surface area contributed by atoms with E-state index < -0.39 is 0 Å². The number of halogens is 1. The summed E-state index contributed by atoms with van der Waals surface area (Å²) in [7, 11) is 0. The zero-order valence-electron chi connectivity index (χ0n) is 13.8. The van der Waals surface area contributed by atoms with Gasteiger partial charge in [-0.3, -0.25) is 4.68 Å². The molecule has 1 aliphatic heterocycles. The third-order valence-corrected chi connectivity index (χ3v) is 4.13. The van der Waals surface area contributed by atoms with Gasteiger partial charge in [0.15, 0.2) is 0 Å². The minimum absolute atomic E-state index is 0.0119. The molecule has 0 spiro atoms. The lowest BCUT2D eigenvalue weighted by molar-refractivity contribution is 0.219. The predicted octanol–water partition coefficient (Wildman–Crippen LogP) is 3.80. The Morgan fingerprint density at radius 1 is 1.46 bits per heavy atom. The van der Waals surface area contributed by atoms with Crippen molar-refractivity contribution in [3.05, 3.63) is 41.7 Å². The third-order valence-electron chi connectivity index (χ3n) is 3.90. The fourth-order valence-electron chi connectivity index (χ4n) is 2.79. The van der Waals surface area contributed by atoms with Gasteiger partial charge in [0, 0.05) is 30.5 Å². The highest BCUT2D eigenvalue weighted by molar-refractivity contribution is 6.31. The maximum absolute atomic E-state index is 12.6. The summed E-state index contributed by atoms with van der Waals surface area (Å²) in [4.78, 5) is 14.3. The quantitative estimate of drug-likeness (QED) is 0.914. The van der Waals surface area contributed by atoms with Crippen molar-refractivity contribution in [2.24, 2.45) is 0 Å². The number of likely N-dealkylation sites (tertiary alicyclic amines) is 1. The Kier molecular flexibility index (Phi) is 4.94. The summed E-state index contributed by atoms with van der Waals surface area (Å²) >= 11 is 6.06. The Labute approximate surface area is 146 Å². The molecule has 1 aromatic carbocycles. The molecule has 1 N–H and O–H groups in total. The van der Waals surface area contributed by atoms with E-state index in [2.05, 4.69) is 10.4 Å². The van der Waals surface area contributed by atoms with E-state index >= 15 is 0 Å². The van der Waals surface area contributed by atoms with E-state index in [9.17, 15) is 4.79 Å². The van der Waals surface area contributed by atoms with E-state index in [1.165, 1.54) is 0 Å². The number of nitrogens with one attached hydrogen (secondary N) is 1. The standard InChI is InChI=1S/C17H21ClN4O2/c1-12(2)24-16-5-4-13(18)10-15(16)20-17(23)21-9-6-14(11-21)22-8-3-7-19-22/h3-5,7-8,10,12,14H,6,9,11H2,1-2H3,(H,20,23). The van der Waals surface area contributed by atoms with Gasteiger partial charge in [0.2, 0.25) is 0 Å². The van der Waals surface area contributed by atoms with Gasteiger partial charge in [-0.1, -0.05) is 11.6 Å². The number of carbonyl (C=O) groups is 1. The highest BCUT2D eigenvalue weighted by atomic mass is 35.5. The average molecular weight is 349 g/mol. The summed E-state index contributed by atoms with van der Waals surface area (Å²) < 4.78 is 7.64. The molecule has 7 heteroatoms. The summed E-state index contributed by atoms with van der Waals surface area (Å²) in [5.41, 5.74) is 0.587. The van der Waals surface area contributed by atoms with Crippen molar-refractivity contribution in [1.29, 1.82) is 0 Å². The minimum atomic E-state index is -0.152. The van der Waals surface area contributed by atoms with Crippen molar-refractivity contribution >= 4 is 23.3 Å². The first kappa shape index (κ1) is 16.6. The van der Waals surface area contributed by atoms with Crippen molar-refractivity contribution < 1.29 is 9.53 Å². The lowest BCUT2D eigenvalue weighted by Gasteiger charge is -2.20.